The number of benzene rings is 2. The Morgan fingerprint density at radius 3 is 2.46 bits per heavy atom. The van der Waals surface area contributed by atoms with E-state index in [4.69, 9.17) is 0 Å². The number of hydrogen-bond donors (Lipinski definition) is 2. The molecule has 1 aromatic heterocycles. The van der Waals surface area contributed by atoms with Crippen molar-refractivity contribution in [2.45, 2.75) is 18.2 Å². The van der Waals surface area contributed by atoms with E-state index in [-0.39, 0.29) is 10.8 Å². The summed E-state index contributed by atoms with van der Waals surface area (Å²) in [7, 11) is -1.83. The van der Waals surface area contributed by atoms with Crippen LogP contribution in [0.15, 0.2) is 65.8 Å². The van der Waals surface area contributed by atoms with Crippen molar-refractivity contribution >= 4 is 21.6 Å². The normalized spacial score (nSPS) is 11.2. The van der Waals surface area contributed by atoms with E-state index in [0.29, 0.717) is 24.2 Å². The number of nitrogens with zero attached hydrogens (tertiary/aromatic N) is 2. The van der Waals surface area contributed by atoms with Crippen LogP contribution in [0, 0.1) is 6.92 Å². The zero-order chi connectivity index (χ0) is 20.1. The molecule has 3 rings (SSSR count). The maximum atomic E-state index is 12.5. The van der Waals surface area contributed by atoms with E-state index in [2.05, 4.69) is 15.0 Å². The van der Waals surface area contributed by atoms with Crippen molar-refractivity contribution in [2.24, 2.45) is 7.05 Å². The van der Waals surface area contributed by atoms with Gasteiger partial charge in [0.2, 0.25) is 0 Å². The summed E-state index contributed by atoms with van der Waals surface area (Å²) in [5, 5.41) is 2.81. The zero-order valence-corrected chi connectivity index (χ0v) is 16.5. The van der Waals surface area contributed by atoms with E-state index < -0.39 is 10.0 Å². The minimum atomic E-state index is -3.72. The standard InChI is InChI=1S/C20H22N4O3S/c1-15-5-3-4-6-18(15)23-28(26,27)17-9-7-16(8-10-17)20(25)22-12-11-19-21-13-14-24(19)2/h3-10,13-14,23H,11-12H2,1-2H3,(H,22,25). The van der Waals surface area contributed by atoms with Crippen LogP contribution in [0.4, 0.5) is 5.69 Å². The SMILES string of the molecule is Cc1ccccc1NS(=O)(=O)c1ccc(C(=O)NCCc2nccn2C)cc1. The number of anilines is 1. The van der Waals surface area contributed by atoms with Crippen molar-refractivity contribution < 1.29 is 13.2 Å². The van der Waals surface area contributed by atoms with Gasteiger partial charge in [-0.3, -0.25) is 9.52 Å². The largest absolute Gasteiger partial charge is 0.352 e. The number of rotatable bonds is 7. The fourth-order valence-electron chi connectivity index (χ4n) is 2.70. The molecule has 3 aromatic rings. The predicted molar refractivity (Wildman–Crippen MR) is 108 cm³/mol. The van der Waals surface area contributed by atoms with Crippen LogP contribution < -0.4 is 10.0 Å². The fraction of sp³-hybridized carbons (Fsp3) is 0.200. The summed E-state index contributed by atoms with van der Waals surface area (Å²) in [5.74, 6) is 0.619. The van der Waals surface area contributed by atoms with Gasteiger partial charge in [0.15, 0.2) is 0 Å². The van der Waals surface area contributed by atoms with E-state index in [9.17, 15) is 13.2 Å². The van der Waals surface area contributed by atoms with Gasteiger partial charge in [0.05, 0.1) is 10.6 Å². The number of para-hydroxylation sites is 1. The van der Waals surface area contributed by atoms with E-state index in [0.717, 1.165) is 11.4 Å². The number of imidazole rings is 1. The molecule has 0 fully saturated rings. The molecule has 0 aliphatic heterocycles. The van der Waals surface area contributed by atoms with Crippen LogP contribution >= 0.6 is 0 Å². The summed E-state index contributed by atoms with van der Waals surface area (Å²) in [4.78, 5) is 16.6. The number of amides is 1. The maximum Gasteiger partial charge on any atom is 0.261 e. The number of nitrogens with one attached hydrogen (secondary N) is 2. The molecule has 0 saturated carbocycles. The van der Waals surface area contributed by atoms with E-state index >= 15 is 0 Å². The molecule has 1 amide bonds. The van der Waals surface area contributed by atoms with Gasteiger partial charge in [-0.15, -0.1) is 0 Å². The first-order valence-corrected chi connectivity index (χ1v) is 10.3. The van der Waals surface area contributed by atoms with Gasteiger partial charge in [-0.25, -0.2) is 13.4 Å². The molecule has 0 radical (unpaired) electrons. The minimum Gasteiger partial charge on any atom is -0.352 e. The highest BCUT2D eigenvalue weighted by atomic mass is 32.2. The third-order valence-corrected chi connectivity index (χ3v) is 5.75. The molecule has 0 unspecified atom stereocenters. The summed E-state index contributed by atoms with van der Waals surface area (Å²) < 4.78 is 29.6. The molecule has 2 aromatic carbocycles. The molecule has 0 aliphatic rings. The predicted octanol–water partition coefficient (Wildman–Crippen LogP) is 2.50. The molecule has 0 saturated heterocycles. The molecule has 0 spiro atoms. The Morgan fingerprint density at radius 1 is 1.11 bits per heavy atom. The van der Waals surface area contributed by atoms with Crippen LogP contribution in [0.3, 0.4) is 0 Å². The number of carbonyl (C=O) groups is 1. The van der Waals surface area contributed by atoms with E-state index in [1.807, 2.05) is 36.9 Å². The van der Waals surface area contributed by atoms with Crippen molar-refractivity contribution in [3.63, 3.8) is 0 Å². The van der Waals surface area contributed by atoms with Crippen LogP contribution in [-0.4, -0.2) is 30.4 Å². The maximum absolute atomic E-state index is 12.5. The highest BCUT2D eigenvalue weighted by Gasteiger charge is 2.16. The fourth-order valence-corrected chi connectivity index (χ4v) is 3.83. The monoisotopic (exact) mass is 398 g/mol. The Labute approximate surface area is 164 Å². The average Bonchev–Trinajstić information content (AvgIpc) is 3.08. The Kier molecular flexibility index (Phi) is 5.79. The van der Waals surface area contributed by atoms with E-state index in [1.165, 1.54) is 24.3 Å². The lowest BCUT2D eigenvalue weighted by Gasteiger charge is -2.11. The number of hydrogen-bond acceptors (Lipinski definition) is 4. The van der Waals surface area contributed by atoms with Gasteiger partial charge in [0.25, 0.3) is 15.9 Å². The number of sulfonamides is 1. The highest BCUT2D eigenvalue weighted by Crippen LogP contribution is 2.19. The van der Waals surface area contributed by atoms with Gasteiger partial charge in [0.1, 0.15) is 5.82 Å². The van der Waals surface area contributed by atoms with Gasteiger partial charge in [-0.2, -0.15) is 0 Å². The number of aromatic nitrogens is 2. The van der Waals surface area contributed by atoms with Crippen LogP contribution in [0.25, 0.3) is 0 Å². The molecule has 1 heterocycles. The van der Waals surface area contributed by atoms with Crippen molar-refractivity contribution in [3.8, 4) is 0 Å². The van der Waals surface area contributed by atoms with Crippen molar-refractivity contribution in [1.29, 1.82) is 0 Å². The Balaban J connectivity index is 1.63. The topological polar surface area (TPSA) is 93.1 Å². The average molecular weight is 398 g/mol. The minimum absolute atomic E-state index is 0.0975. The highest BCUT2D eigenvalue weighted by molar-refractivity contribution is 7.92. The van der Waals surface area contributed by atoms with Gasteiger partial charge >= 0.3 is 0 Å². The zero-order valence-electron chi connectivity index (χ0n) is 15.7. The van der Waals surface area contributed by atoms with Crippen LogP contribution in [0.1, 0.15) is 21.7 Å². The summed E-state index contributed by atoms with van der Waals surface area (Å²) in [5.41, 5.74) is 1.75. The van der Waals surface area contributed by atoms with Crippen molar-refractivity contribution in [3.05, 3.63) is 77.9 Å². The Bertz CT molecular complexity index is 1070. The smallest absolute Gasteiger partial charge is 0.261 e. The van der Waals surface area contributed by atoms with Gasteiger partial charge in [-0.1, -0.05) is 18.2 Å². The summed E-state index contributed by atoms with van der Waals surface area (Å²) >= 11 is 0. The van der Waals surface area contributed by atoms with Gasteiger partial charge in [0, 0.05) is 38.0 Å². The third-order valence-electron chi connectivity index (χ3n) is 4.37. The molecule has 0 atom stereocenters. The lowest BCUT2D eigenvalue weighted by atomic mass is 10.2. The summed E-state index contributed by atoms with van der Waals surface area (Å²) in [6, 6.07) is 13.0. The first-order valence-electron chi connectivity index (χ1n) is 8.80. The Hall–Kier alpha value is -3.13. The lowest BCUT2D eigenvalue weighted by Crippen LogP contribution is -2.26. The van der Waals surface area contributed by atoms with Crippen LogP contribution in [0.2, 0.25) is 0 Å². The number of aryl methyl sites for hydroxylation is 2. The first kappa shape index (κ1) is 19.6. The molecule has 0 aliphatic carbocycles. The van der Waals surface area contributed by atoms with Crippen LogP contribution in [0.5, 0.6) is 0 Å². The Morgan fingerprint density at radius 2 is 1.82 bits per heavy atom. The molecular weight excluding hydrogens is 376 g/mol. The van der Waals surface area contributed by atoms with Crippen LogP contribution in [-0.2, 0) is 23.5 Å². The third kappa shape index (κ3) is 4.58. The molecule has 7 nitrogen and oxygen atoms in total. The summed E-state index contributed by atoms with van der Waals surface area (Å²) in [6.45, 7) is 2.27. The molecule has 8 heteroatoms. The molecule has 28 heavy (non-hydrogen) atoms. The summed E-state index contributed by atoms with van der Waals surface area (Å²) in [6.07, 6.45) is 4.17. The lowest BCUT2D eigenvalue weighted by molar-refractivity contribution is 0.0954. The molecule has 0 bridgehead atoms. The van der Waals surface area contributed by atoms with Crippen molar-refractivity contribution in [1.82, 2.24) is 14.9 Å². The van der Waals surface area contributed by atoms with E-state index in [1.54, 1.807) is 18.3 Å². The number of carbonyl (C=O) groups excluding carboxylic acids is 1. The molecular formula is C20H22N4O3S. The second-order valence-corrected chi connectivity index (χ2v) is 8.09. The molecule has 2 N–H and O–H groups in total. The van der Waals surface area contributed by atoms with Crippen molar-refractivity contribution in [2.75, 3.05) is 11.3 Å². The molecule has 146 valence electrons. The second-order valence-electron chi connectivity index (χ2n) is 6.41. The first-order chi connectivity index (χ1) is 13.4. The van der Waals surface area contributed by atoms with Gasteiger partial charge < -0.3 is 9.88 Å². The quantitative estimate of drug-likeness (QED) is 0.639. The van der Waals surface area contributed by atoms with Gasteiger partial charge in [-0.05, 0) is 42.8 Å². The second kappa shape index (κ2) is 8.26.